The van der Waals surface area contributed by atoms with E-state index >= 15 is 0 Å². The molecule has 2 aromatic heterocycles. The van der Waals surface area contributed by atoms with Crippen molar-refractivity contribution in [2.45, 2.75) is 45.6 Å². The van der Waals surface area contributed by atoms with Gasteiger partial charge in [0.25, 0.3) is 11.5 Å². The summed E-state index contributed by atoms with van der Waals surface area (Å²) in [7, 11) is 0. The number of aromatic nitrogens is 3. The fourth-order valence-electron chi connectivity index (χ4n) is 3.80. The highest BCUT2D eigenvalue weighted by Gasteiger charge is 2.29. The number of carbonyl (C=O) groups excluding carboxylic acids is 1. The maximum absolute atomic E-state index is 12.9. The SMILES string of the molecule is Cc1ccc(OC(C)C(=O)N2CCC(c3nc(-c4nccs4)cc(=O)[nH]3)CC2)cc1C. The third-order valence-corrected chi connectivity index (χ3v) is 6.54. The first-order valence-electron chi connectivity index (χ1n) is 10.4. The standard InChI is InChI=1S/C23H26N4O3S/c1-14-4-5-18(12-15(14)2)30-16(3)23(29)27-9-6-17(7-10-27)21-25-19(13-20(28)26-21)22-24-8-11-31-22/h4-5,8,11-13,16-17H,6-7,9-10H2,1-3H3,(H,25,26,28). The molecule has 0 spiro atoms. The molecular weight excluding hydrogens is 412 g/mol. The lowest BCUT2D eigenvalue weighted by atomic mass is 9.95. The molecule has 162 valence electrons. The maximum atomic E-state index is 12.9. The molecule has 1 atom stereocenters. The van der Waals surface area contributed by atoms with Gasteiger partial charge in [-0.1, -0.05) is 6.07 Å². The average Bonchev–Trinajstić information content (AvgIpc) is 3.30. The fourth-order valence-corrected chi connectivity index (χ4v) is 4.40. The highest BCUT2D eigenvalue weighted by Crippen LogP contribution is 2.28. The van der Waals surface area contributed by atoms with Crippen LogP contribution in [0.2, 0.25) is 0 Å². The van der Waals surface area contributed by atoms with E-state index in [9.17, 15) is 9.59 Å². The number of carbonyl (C=O) groups is 1. The molecular formula is C23H26N4O3S. The van der Waals surface area contributed by atoms with Gasteiger partial charge in [0.1, 0.15) is 22.3 Å². The van der Waals surface area contributed by atoms with Crippen molar-refractivity contribution < 1.29 is 9.53 Å². The minimum Gasteiger partial charge on any atom is -0.481 e. The number of likely N-dealkylation sites (tertiary alicyclic amines) is 1. The van der Waals surface area contributed by atoms with Crippen molar-refractivity contribution in [2.75, 3.05) is 13.1 Å². The molecule has 1 aliphatic heterocycles. The number of aromatic amines is 1. The summed E-state index contributed by atoms with van der Waals surface area (Å²) in [5.74, 6) is 1.46. The van der Waals surface area contributed by atoms with Gasteiger partial charge in [-0.3, -0.25) is 9.59 Å². The van der Waals surface area contributed by atoms with E-state index in [2.05, 4.69) is 15.0 Å². The number of aryl methyl sites for hydroxylation is 2. The number of hydrogen-bond donors (Lipinski definition) is 1. The first-order valence-corrected chi connectivity index (χ1v) is 11.3. The van der Waals surface area contributed by atoms with Crippen LogP contribution in [0.5, 0.6) is 5.75 Å². The lowest BCUT2D eigenvalue weighted by Crippen LogP contribution is -2.44. The van der Waals surface area contributed by atoms with Crippen molar-refractivity contribution in [3.8, 4) is 16.5 Å². The van der Waals surface area contributed by atoms with E-state index in [0.717, 1.165) is 23.4 Å². The Morgan fingerprint density at radius 1 is 1.23 bits per heavy atom. The van der Waals surface area contributed by atoms with E-state index in [1.807, 2.05) is 42.3 Å². The molecule has 3 heterocycles. The summed E-state index contributed by atoms with van der Waals surface area (Å²) in [6.45, 7) is 7.08. The van der Waals surface area contributed by atoms with Crippen molar-refractivity contribution in [1.82, 2.24) is 19.9 Å². The van der Waals surface area contributed by atoms with Crippen LogP contribution in [0.4, 0.5) is 0 Å². The Hall–Kier alpha value is -3.00. The predicted molar refractivity (Wildman–Crippen MR) is 121 cm³/mol. The zero-order chi connectivity index (χ0) is 22.0. The minimum absolute atomic E-state index is 0.0188. The second-order valence-corrected chi connectivity index (χ2v) is 8.85. The van der Waals surface area contributed by atoms with Crippen molar-refractivity contribution >= 4 is 17.2 Å². The number of nitrogens with zero attached hydrogens (tertiary/aromatic N) is 3. The Kier molecular flexibility index (Phi) is 6.18. The van der Waals surface area contributed by atoms with E-state index in [1.165, 1.54) is 23.0 Å². The number of H-pyrrole nitrogens is 1. The number of thiazole rings is 1. The normalized spacial score (nSPS) is 15.6. The van der Waals surface area contributed by atoms with Crippen LogP contribution in [0.3, 0.4) is 0 Å². The smallest absolute Gasteiger partial charge is 0.263 e. The van der Waals surface area contributed by atoms with Gasteiger partial charge in [-0.05, 0) is 56.9 Å². The van der Waals surface area contributed by atoms with Crippen LogP contribution in [0.25, 0.3) is 10.7 Å². The summed E-state index contributed by atoms with van der Waals surface area (Å²) < 4.78 is 5.89. The fraction of sp³-hybridized carbons (Fsp3) is 0.391. The van der Waals surface area contributed by atoms with Gasteiger partial charge in [0.15, 0.2) is 6.10 Å². The molecule has 1 fully saturated rings. The topological polar surface area (TPSA) is 88.2 Å². The number of piperidine rings is 1. The lowest BCUT2D eigenvalue weighted by Gasteiger charge is -2.33. The molecule has 3 aromatic rings. The molecule has 1 saturated heterocycles. The molecule has 0 bridgehead atoms. The number of ether oxygens (including phenoxy) is 1. The van der Waals surface area contributed by atoms with Crippen LogP contribution in [-0.4, -0.2) is 45.0 Å². The number of nitrogens with one attached hydrogen (secondary N) is 1. The van der Waals surface area contributed by atoms with Crippen molar-refractivity contribution in [2.24, 2.45) is 0 Å². The molecule has 8 heteroatoms. The molecule has 1 aromatic carbocycles. The Labute approximate surface area is 185 Å². The highest BCUT2D eigenvalue weighted by molar-refractivity contribution is 7.13. The van der Waals surface area contributed by atoms with Crippen molar-refractivity contribution in [3.63, 3.8) is 0 Å². The van der Waals surface area contributed by atoms with Gasteiger partial charge in [0.2, 0.25) is 0 Å². The first-order chi connectivity index (χ1) is 14.9. The molecule has 31 heavy (non-hydrogen) atoms. The van der Waals surface area contributed by atoms with Crippen LogP contribution in [0.15, 0.2) is 40.6 Å². The van der Waals surface area contributed by atoms with Gasteiger partial charge in [0, 0.05) is 36.7 Å². The second kappa shape index (κ2) is 9.01. The van der Waals surface area contributed by atoms with E-state index in [4.69, 9.17) is 4.74 Å². The second-order valence-electron chi connectivity index (χ2n) is 7.96. The van der Waals surface area contributed by atoms with E-state index in [1.54, 1.807) is 13.1 Å². The zero-order valence-electron chi connectivity index (χ0n) is 17.9. The number of rotatable bonds is 5. The molecule has 0 radical (unpaired) electrons. The molecule has 1 N–H and O–H groups in total. The predicted octanol–water partition coefficient (Wildman–Crippen LogP) is 3.68. The first kappa shape index (κ1) is 21.2. The van der Waals surface area contributed by atoms with Crippen LogP contribution in [0, 0.1) is 13.8 Å². The quantitative estimate of drug-likeness (QED) is 0.656. The Morgan fingerprint density at radius 3 is 2.68 bits per heavy atom. The van der Waals surface area contributed by atoms with Gasteiger partial charge in [-0.25, -0.2) is 9.97 Å². The number of amides is 1. The third-order valence-electron chi connectivity index (χ3n) is 5.74. The minimum atomic E-state index is -0.551. The molecule has 4 rings (SSSR count). The Morgan fingerprint density at radius 2 is 2.00 bits per heavy atom. The van der Waals surface area contributed by atoms with Crippen molar-refractivity contribution in [3.05, 3.63) is 63.1 Å². The summed E-state index contributed by atoms with van der Waals surface area (Å²) >= 11 is 1.46. The highest BCUT2D eigenvalue weighted by atomic mass is 32.1. The molecule has 0 aliphatic carbocycles. The van der Waals surface area contributed by atoms with Gasteiger partial charge in [-0.15, -0.1) is 11.3 Å². The van der Waals surface area contributed by atoms with Gasteiger partial charge in [0.05, 0.1) is 0 Å². The van der Waals surface area contributed by atoms with Gasteiger partial charge < -0.3 is 14.6 Å². The summed E-state index contributed by atoms with van der Waals surface area (Å²) in [6.07, 6.45) is 2.64. The Bertz CT molecular complexity index is 1120. The van der Waals surface area contributed by atoms with Crippen LogP contribution < -0.4 is 10.3 Å². The maximum Gasteiger partial charge on any atom is 0.263 e. The third kappa shape index (κ3) is 4.85. The summed E-state index contributed by atoms with van der Waals surface area (Å²) in [5.41, 5.74) is 2.75. The zero-order valence-corrected chi connectivity index (χ0v) is 18.7. The largest absolute Gasteiger partial charge is 0.481 e. The molecule has 1 amide bonds. The summed E-state index contributed by atoms with van der Waals surface area (Å²) in [5, 5.41) is 2.60. The van der Waals surface area contributed by atoms with Crippen LogP contribution >= 0.6 is 11.3 Å². The van der Waals surface area contributed by atoms with Gasteiger partial charge in [-0.2, -0.15) is 0 Å². The lowest BCUT2D eigenvalue weighted by molar-refractivity contribution is -0.139. The molecule has 1 unspecified atom stereocenters. The van der Waals surface area contributed by atoms with Gasteiger partial charge >= 0.3 is 0 Å². The number of benzene rings is 1. The van der Waals surface area contributed by atoms with E-state index < -0.39 is 6.10 Å². The monoisotopic (exact) mass is 438 g/mol. The van der Waals surface area contributed by atoms with E-state index in [-0.39, 0.29) is 17.4 Å². The molecule has 0 saturated carbocycles. The Balaban J connectivity index is 1.38. The van der Waals surface area contributed by atoms with Crippen molar-refractivity contribution in [1.29, 1.82) is 0 Å². The molecule has 7 nitrogen and oxygen atoms in total. The summed E-state index contributed by atoms with van der Waals surface area (Å²) in [4.78, 5) is 38.6. The van der Waals surface area contributed by atoms with E-state index in [0.29, 0.717) is 30.4 Å². The van der Waals surface area contributed by atoms with Crippen LogP contribution in [0.1, 0.15) is 42.6 Å². The average molecular weight is 439 g/mol. The van der Waals surface area contributed by atoms with Crippen LogP contribution in [-0.2, 0) is 4.79 Å². The molecule has 1 aliphatic rings. The number of hydrogen-bond acceptors (Lipinski definition) is 6. The summed E-state index contributed by atoms with van der Waals surface area (Å²) in [6, 6.07) is 7.34.